The van der Waals surface area contributed by atoms with E-state index >= 15 is 0 Å². The molecule has 3 rings (SSSR count). The fourth-order valence-electron chi connectivity index (χ4n) is 2.96. The van der Waals surface area contributed by atoms with Crippen molar-refractivity contribution >= 4 is 15.9 Å². The third-order valence-corrected chi connectivity index (χ3v) is 5.46. The average molecular weight is 425 g/mol. The molecule has 0 saturated carbocycles. The molecule has 0 unspecified atom stereocenters. The molecule has 6 nitrogen and oxygen atoms in total. The Kier molecular flexibility index (Phi) is 6.87. The molecule has 0 aromatic heterocycles. The van der Waals surface area contributed by atoms with E-state index < -0.39 is 10.0 Å². The summed E-state index contributed by atoms with van der Waals surface area (Å²) in [6.07, 6.45) is 0.570. The molecule has 30 heavy (non-hydrogen) atoms. The van der Waals surface area contributed by atoms with Crippen LogP contribution in [0, 0.1) is 6.92 Å². The number of primary sulfonamides is 1. The molecule has 3 N–H and O–H groups in total. The van der Waals surface area contributed by atoms with Crippen molar-refractivity contribution in [3.63, 3.8) is 0 Å². The molecule has 3 aromatic carbocycles. The highest BCUT2D eigenvalue weighted by molar-refractivity contribution is 7.89. The Bertz CT molecular complexity index is 1130. The molecule has 0 aliphatic rings. The summed E-state index contributed by atoms with van der Waals surface area (Å²) < 4.78 is 28.4. The van der Waals surface area contributed by atoms with Crippen molar-refractivity contribution in [3.8, 4) is 5.75 Å². The Labute approximate surface area is 176 Å². The molecule has 0 fully saturated rings. The van der Waals surface area contributed by atoms with Crippen molar-refractivity contribution in [2.45, 2.75) is 24.8 Å². The molecule has 7 heteroatoms. The number of hydrogen-bond donors (Lipinski definition) is 2. The van der Waals surface area contributed by atoms with E-state index in [0.29, 0.717) is 30.9 Å². The molecule has 0 aliphatic carbocycles. The predicted molar refractivity (Wildman–Crippen MR) is 116 cm³/mol. The van der Waals surface area contributed by atoms with Crippen LogP contribution in [-0.2, 0) is 23.1 Å². The maximum absolute atomic E-state index is 12.4. The summed E-state index contributed by atoms with van der Waals surface area (Å²) in [5.74, 6) is 0.430. The maximum Gasteiger partial charge on any atom is 0.251 e. The van der Waals surface area contributed by atoms with Crippen molar-refractivity contribution in [2.75, 3.05) is 6.54 Å². The van der Waals surface area contributed by atoms with Gasteiger partial charge in [-0.3, -0.25) is 4.79 Å². The highest BCUT2D eigenvalue weighted by Gasteiger charge is 2.09. The van der Waals surface area contributed by atoms with E-state index in [1.54, 1.807) is 30.3 Å². The fraction of sp³-hybridized carbons (Fsp3) is 0.174. The molecular formula is C23H24N2O4S. The molecule has 0 radical (unpaired) electrons. The number of amides is 1. The summed E-state index contributed by atoms with van der Waals surface area (Å²) in [5, 5.41) is 7.95. The smallest absolute Gasteiger partial charge is 0.251 e. The van der Waals surface area contributed by atoms with Gasteiger partial charge in [0.05, 0.1) is 4.90 Å². The van der Waals surface area contributed by atoms with Crippen LogP contribution >= 0.6 is 0 Å². The molecular weight excluding hydrogens is 400 g/mol. The zero-order valence-electron chi connectivity index (χ0n) is 16.7. The second kappa shape index (κ2) is 9.56. The van der Waals surface area contributed by atoms with Gasteiger partial charge in [-0.25, -0.2) is 13.6 Å². The van der Waals surface area contributed by atoms with Crippen molar-refractivity contribution in [1.29, 1.82) is 0 Å². The fourth-order valence-corrected chi connectivity index (χ4v) is 3.48. The van der Waals surface area contributed by atoms with Gasteiger partial charge in [0.15, 0.2) is 0 Å². The van der Waals surface area contributed by atoms with Gasteiger partial charge in [-0.15, -0.1) is 0 Å². The zero-order valence-corrected chi connectivity index (χ0v) is 17.5. The molecule has 0 spiro atoms. The lowest BCUT2D eigenvalue weighted by Crippen LogP contribution is -2.25. The predicted octanol–water partition coefficient (Wildman–Crippen LogP) is 3.19. The highest BCUT2D eigenvalue weighted by atomic mass is 32.2. The van der Waals surface area contributed by atoms with Crippen LogP contribution in [0.25, 0.3) is 0 Å². The van der Waals surface area contributed by atoms with E-state index in [0.717, 1.165) is 11.1 Å². The molecule has 3 aromatic rings. The lowest BCUT2D eigenvalue weighted by Gasteiger charge is -2.09. The number of carbonyl (C=O) groups excluding carboxylic acids is 1. The van der Waals surface area contributed by atoms with E-state index in [1.165, 1.54) is 17.7 Å². The molecule has 0 bridgehead atoms. The number of nitrogens with one attached hydrogen (secondary N) is 1. The van der Waals surface area contributed by atoms with Crippen molar-refractivity contribution in [3.05, 3.63) is 95.1 Å². The molecule has 0 saturated heterocycles. The van der Waals surface area contributed by atoms with Crippen LogP contribution in [0.15, 0.2) is 77.7 Å². The first-order chi connectivity index (χ1) is 14.3. The molecule has 156 valence electrons. The van der Waals surface area contributed by atoms with E-state index in [2.05, 4.69) is 11.4 Å². The van der Waals surface area contributed by atoms with Gasteiger partial charge < -0.3 is 10.1 Å². The van der Waals surface area contributed by atoms with E-state index in [9.17, 15) is 13.2 Å². The maximum atomic E-state index is 12.4. The third-order valence-electron chi connectivity index (χ3n) is 4.54. The summed E-state index contributed by atoms with van der Waals surface area (Å²) in [5.41, 5.74) is 3.65. The Morgan fingerprint density at radius 1 is 0.967 bits per heavy atom. The van der Waals surface area contributed by atoms with Crippen LogP contribution in [0.2, 0.25) is 0 Å². The molecule has 1 amide bonds. The minimum absolute atomic E-state index is 0.0674. The number of ether oxygens (including phenoxy) is 1. The quantitative estimate of drug-likeness (QED) is 0.580. The Morgan fingerprint density at radius 2 is 1.70 bits per heavy atom. The van der Waals surface area contributed by atoms with Gasteiger partial charge in [0.25, 0.3) is 5.91 Å². The van der Waals surface area contributed by atoms with Gasteiger partial charge >= 0.3 is 0 Å². The average Bonchev–Trinajstić information content (AvgIpc) is 2.72. The minimum Gasteiger partial charge on any atom is -0.489 e. The topological polar surface area (TPSA) is 98.5 Å². The first-order valence-electron chi connectivity index (χ1n) is 9.49. The Hall–Kier alpha value is -3.16. The van der Waals surface area contributed by atoms with Crippen molar-refractivity contribution in [2.24, 2.45) is 5.14 Å². The van der Waals surface area contributed by atoms with Crippen LogP contribution in [0.5, 0.6) is 5.75 Å². The van der Waals surface area contributed by atoms with Gasteiger partial charge in [-0.1, -0.05) is 48.0 Å². The Balaban J connectivity index is 1.52. The monoisotopic (exact) mass is 424 g/mol. The van der Waals surface area contributed by atoms with Gasteiger partial charge in [0.1, 0.15) is 12.4 Å². The Morgan fingerprint density at radius 3 is 2.40 bits per heavy atom. The number of nitrogens with two attached hydrogens (primary N) is 1. The summed E-state index contributed by atoms with van der Waals surface area (Å²) in [4.78, 5) is 12.5. The lowest BCUT2D eigenvalue weighted by molar-refractivity contribution is 0.0953. The normalized spacial score (nSPS) is 11.1. The first kappa shape index (κ1) is 21.5. The van der Waals surface area contributed by atoms with Crippen LogP contribution in [0.1, 0.15) is 27.0 Å². The van der Waals surface area contributed by atoms with Crippen LogP contribution in [0.4, 0.5) is 0 Å². The number of aryl methyl sites for hydroxylation is 1. The van der Waals surface area contributed by atoms with E-state index in [4.69, 9.17) is 9.88 Å². The number of benzene rings is 3. The number of hydrogen-bond acceptors (Lipinski definition) is 4. The summed E-state index contributed by atoms with van der Waals surface area (Å²) in [7, 11) is -3.70. The number of carbonyl (C=O) groups is 1. The largest absolute Gasteiger partial charge is 0.489 e. The van der Waals surface area contributed by atoms with Crippen LogP contribution < -0.4 is 15.2 Å². The number of sulfonamides is 1. The van der Waals surface area contributed by atoms with Gasteiger partial charge in [0.2, 0.25) is 10.0 Å². The molecule has 0 aliphatic heterocycles. The summed E-state index contributed by atoms with van der Waals surface area (Å²) in [6, 6.07) is 21.4. The van der Waals surface area contributed by atoms with Crippen LogP contribution in [-0.4, -0.2) is 20.9 Å². The number of rotatable bonds is 8. The van der Waals surface area contributed by atoms with E-state index in [-0.39, 0.29) is 10.8 Å². The summed E-state index contributed by atoms with van der Waals surface area (Å²) >= 11 is 0. The van der Waals surface area contributed by atoms with Gasteiger partial charge in [-0.05, 0) is 54.8 Å². The van der Waals surface area contributed by atoms with E-state index in [1.807, 2.05) is 31.2 Å². The molecule has 0 heterocycles. The second-order valence-electron chi connectivity index (χ2n) is 7.00. The standard InChI is InChI=1S/C23H24N2O4S/c1-17-4-2-5-19(14-17)16-29-21-7-3-6-20(15-21)23(26)25-13-12-18-8-10-22(11-9-18)30(24,27)28/h2-11,14-15H,12-13,16H2,1H3,(H,25,26)(H2,24,27,28). The SMILES string of the molecule is Cc1cccc(COc2cccc(C(=O)NCCc3ccc(S(N)(=O)=O)cc3)c2)c1. The van der Waals surface area contributed by atoms with Gasteiger partial charge in [-0.2, -0.15) is 0 Å². The molecule has 0 atom stereocenters. The summed E-state index contributed by atoms with van der Waals surface area (Å²) in [6.45, 7) is 2.88. The minimum atomic E-state index is -3.70. The van der Waals surface area contributed by atoms with Crippen LogP contribution in [0.3, 0.4) is 0 Å². The second-order valence-corrected chi connectivity index (χ2v) is 8.56. The van der Waals surface area contributed by atoms with Crippen molar-refractivity contribution in [1.82, 2.24) is 5.32 Å². The third kappa shape index (κ3) is 6.17. The first-order valence-corrected chi connectivity index (χ1v) is 11.0. The zero-order chi connectivity index (χ0) is 21.6. The van der Waals surface area contributed by atoms with Crippen molar-refractivity contribution < 1.29 is 17.9 Å². The lowest BCUT2D eigenvalue weighted by atomic mass is 10.1. The highest BCUT2D eigenvalue weighted by Crippen LogP contribution is 2.16. The van der Waals surface area contributed by atoms with Gasteiger partial charge in [0, 0.05) is 12.1 Å².